The zero-order valence-corrected chi connectivity index (χ0v) is 13.6. The summed E-state index contributed by atoms with van der Waals surface area (Å²) in [5.74, 6) is 0. The molecule has 118 valence electrons. The van der Waals surface area contributed by atoms with Gasteiger partial charge in [-0.3, -0.25) is 0 Å². The highest BCUT2D eigenvalue weighted by molar-refractivity contribution is 7.89. The molecule has 1 aliphatic rings. The Bertz CT molecular complexity index is 560. The minimum Gasteiger partial charge on any atom is -0.380 e. The predicted octanol–water partition coefficient (Wildman–Crippen LogP) is 1.88. The van der Waals surface area contributed by atoms with Crippen LogP contribution in [0.3, 0.4) is 0 Å². The molecular weight excluding hydrogens is 286 g/mol. The van der Waals surface area contributed by atoms with Crippen molar-refractivity contribution in [1.29, 1.82) is 0 Å². The number of para-hydroxylation sites is 1. The summed E-state index contributed by atoms with van der Waals surface area (Å²) in [6.45, 7) is 7.47. The Kier molecular flexibility index (Phi) is 5.61. The number of piperidine rings is 1. The average molecular weight is 311 g/mol. The minimum atomic E-state index is -3.44. The molecule has 0 aromatic heterocycles. The van der Waals surface area contributed by atoms with Crippen molar-refractivity contribution in [2.75, 3.05) is 31.5 Å². The normalized spacial score (nSPS) is 20.4. The molecule has 21 heavy (non-hydrogen) atoms. The van der Waals surface area contributed by atoms with Gasteiger partial charge < -0.3 is 10.2 Å². The Morgan fingerprint density at radius 2 is 2.05 bits per heavy atom. The molecule has 0 bridgehead atoms. The van der Waals surface area contributed by atoms with E-state index in [-0.39, 0.29) is 0 Å². The van der Waals surface area contributed by atoms with Crippen LogP contribution in [0.25, 0.3) is 0 Å². The van der Waals surface area contributed by atoms with Crippen molar-refractivity contribution >= 4 is 15.7 Å². The average Bonchev–Trinajstić information content (AvgIpc) is 2.48. The van der Waals surface area contributed by atoms with Gasteiger partial charge in [-0.05, 0) is 38.1 Å². The van der Waals surface area contributed by atoms with Crippen LogP contribution < -0.4 is 10.0 Å². The van der Waals surface area contributed by atoms with Gasteiger partial charge in [-0.15, -0.1) is 0 Å². The lowest BCUT2D eigenvalue weighted by molar-refractivity contribution is 0.226. The molecule has 1 aromatic carbocycles. The number of hydrogen-bond donors (Lipinski definition) is 2. The van der Waals surface area contributed by atoms with Gasteiger partial charge in [-0.1, -0.05) is 26.0 Å². The van der Waals surface area contributed by atoms with Crippen LogP contribution >= 0.6 is 0 Å². The largest absolute Gasteiger partial charge is 0.380 e. The van der Waals surface area contributed by atoms with Crippen molar-refractivity contribution in [2.24, 2.45) is 0 Å². The van der Waals surface area contributed by atoms with Crippen LogP contribution in [0.15, 0.2) is 29.2 Å². The molecule has 0 spiro atoms. The number of rotatable bonds is 6. The highest BCUT2D eigenvalue weighted by Crippen LogP contribution is 2.23. The van der Waals surface area contributed by atoms with Gasteiger partial charge in [0.05, 0.1) is 5.69 Å². The summed E-state index contributed by atoms with van der Waals surface area (Å²) in [5, 5.41) is 3.42. The van der Waals surface area contributed by atoms with Gasteiger partial charge in [0, 0.05) is 19.1 Å². The summed E-state index contributed by atoms with van der Waals surface area (Å²) in [6.07, 6.45) is 2.22. The molecule has 0 aliphatic carbocycles. The number of nitrogens with zero attached hydrogens (tertiary/aromatic N) is 1. The molecule has 1 atom stereocenters. The Morgan fingerprint density at radius 3 is 2.76 bits per heavy atom. The number of likely N-dealkylation sites (tertiary alicyclic amines) is 1. The molecule has 2 N–H and O–H groups in total. The lowest BCUT2D eigenvalue weighted by atomic mass is 10.1. The highest BCUT2D eigenvalue weighted by Gasteiger charge is 2.22. The van der Waals surface area contributed by atoms with Crippen LogP contribution in [0.4, 0.5) is 5.69 Å². The van der Waals surface area contributed by atoms with E-state index >= 15 is 0 Å². The maximum atomic E-state index is 12.3. The zero-order valence-electron chi connectivity index (χ0n) is 12.8. The molecule has 1 fully saturated rings. The Hall–Kier alpha value is -1.11. The molecule has 1 heterocycles. The first-order chi connectivity index (χ1) is 10.1. The van der Waals surface area contributed by atoms with Gasteiger partial charge in [0.1, 0.15) is 4.90 Å². The van der Waals surface area contributed by atoms with E-state index in [2.05, 4.69) is 21.9 Å². The second-order valence-corrected chi connectivity index (χ2v) is 7.11. The second kappa shape index (κ2) is 7.24. The number of benzene rings is 1. The molecule has 1 aromatic rings. The fourth-order valence-corrected chi connectivity index (χ4v) is 3.98. The molecular formula is C15H25N3O2S. The number of anilines is 1. The zero-order chi connectivity index (χ0) is 15.3. The molecule has 5 nitrogen and oxygen atoms in total. The van der Waals surface area contributed by atoms with Gasteiger partial charge in [0.15, 0.2) is 0 Å². The first-order valence-electron chi connectivity index (χ1n) is 7.64. The third kappa shape index (κ3) is 4.18. The Balaban J connectivity index is 2.17. The van der Waals surface area contributed by atoms with Crippen LogP contribution in [0.2, 0.25) is 0 Å². The fourth-order valence-electron chi connectivity index (χ4n) is 2.77. The quantitative estimate of drug-likeness (QED) is 0.842. The van der Waals surface area contributed by atoms with Gasteiger partial charge in [-0.25, -0.2) is 13.1 Å². The maximum absolute atomic E-state index is 12.3. The highest BCUT2D eigenvalue weighted by atomic mass is 32.2. The van der Waals surface area contributed by atoms with Crippen molar-refractivity contribution in [1.82, 2.24) is 9.62 Å². The van der Waals surface area contributed by atoms with Gasteiger partial charge in [0.2, 0.25) is 10.0 Å². The van der Waals surface area contributed by atoms with E-state index in [0.29, 0.717) is 23.2 Å². The van der Waals surface area contributed by atoms with Crippen molar-refractivity contribution in [3.63, 3.8) is 0 Å². The maximum Gasteiger partial charge on any atom is 0.242 e. The first kappa shape index (κ1) is 16.3. The molecule has 1 saturated heterocycles. The van der Waals surface area contributed by atoms with Gasteiger partial charge >= 0.3 is 0 Å². The van der Waals surface area contributed by atoms with E-state index in [1.54, 1.807) is 19.1 Å². The molecule has 0 radical (unpaired) electrons. The number of nitrogens with one attached hydrogen (secondary N) is 2. The molecule has 2 rings (SSSR count). The summed E-state index contributed by atoms with van der Waals surface area (Å²) >= 11 is 0. The molecule has 0 saturated carbocycles. The first-order valence-corrected chi connectivity index (χ1v) is 9.12. The lowest BCUT2D eigenvalue weighted by Gasteiger charge is -2.33. The fraction of sp³-hybridized carbons (Fsp3) is 0.600. The lowest BCUT2D eigenvalue weighted by Crippen LogP contribution is -2.42. The summed E-state index contributed by atoms with van der Waals surface area (Å²) in [6, 6.07) is 7.43. The second-order valence-electron chi connectivity index (χ2n) is 5.37. The Morgan fingerprint density at radius 1 is 1.29 bits per heavy atom. The summed E-state index contributed by atoms with van der Waals surface area (Å²) in [7, 11) is -3.44. The standard InChI is InChI=1S/C15H25N3O2S/c1-3-16-21(19,20)15-10-6-5-9-14(15)17-13-8-7-11-18(4-2)12-13/h5-6,9-10,13,16-17H,3-4,7-8,11-12H2,1-2H3. The topological polar surface area (TPSA) is 61.4 Å². The number of sulfonamides is 1. The van der Waals surface area contributed by atoms with Crippen molar-refractivity contribution in [3.8, 4) is 0 Å². The molecule has 1 unspecified atom stereocenters. The smallest absolute Gasteiger partial charge is 0.242 e. The third-order valence-corrected chi connectivity index (χ3v) is 5.43. The van der Waals surface area contributed by atoms with E-state index in [4.69, 9.17) is 0 Å². The molecule has 6 heteroatoms. The van der Waals surface area contributed by atoms with Crippen LogP contribution in [0.5, 0.6) is 0 Å². The minimum absolute atomic E-state index is 0.302. The van der Waals surface area contributed by atoms with E-state index in [9.17, 15) is 8.42 Å². The number of hydrogen-bond acceptors (Lipinski definition) is 4. The predicted molar refractivity (Wildman–Crippen MR) is 86.1 cm³/mol. The third-order valence-electron chi connectivity index (χ3n) is 3.82. The van der Waals surface area contributed by atoms with Crippen LogP contribution in [-0.4, -0.2) is 45.5 Å². The SMILES string of the molecule is CCNS(=O)(=O)c1ccccc1NC1CCCN(CC)C1. The van der Waals surface area contributed by atoms with Crippen LogP contribution in [0, 0.1) is 0 Å². The van der Waals surface area contributed by atoms with Crippen LogP contribution in [0.1, 0.15) is 26.7 Å². The van der Waals surface area contributed by atoms with E-state index < -0.39 is 10.0 Å². The van der Waals surface area contributed by atoms with E-state index in [0.717, 1.165) is 32.5 Å². The van der Waals surface area contributed by atoms with Crippen molar-refractivity contribution in [2.45, 2.75) is 37.6 Å². The summed E-state index contributed by atoms with van der Waals surface area (Å²) in [5.41, 5.74) is 0.696. The molecule has 1 aliphatic heterocycles. The monoisotopic (exact) mass is 311 g/mol. The van der Waals surface area contributed by atoms with Gasteiger partial charge in [-0.2, -0.15) is 0 Å². The van der Waals surface area contributed by atoms with Crippen molar-refractivity contribution < 1.29 is 8.42 Å². The van der Waals surface area contributed by atoms with E-state index in [1.807, 2.05) is 12.1 Å². The van der Waals surface area contributed by atoms with E-state index in [1.165, 1.54) is 0 Å². The number of likely N-dealkylation sites (N-methyl/N-ethyl adjacent to an activating group) is 1. The molecule has 0 amide bonds. The Labute approximate surface area is 127 Å². The van der Waals surface area contributed by atoms with Crippen LogP contribution in [-0.2, 0) is 10.0 Å². The van der Waals surface area contributed by atoms with Gasteiger partial charge in [0.25, 0.3) is 0 Å². The van der Waals surface area contributed by atoms with Crippen molar-refractivity contribution in [3.05, 3.63) is 24.3 Å². The summed E-state index contributed by atoms with van der Waals surface area (Å²) in [4.78, 5) is 2.73. The summed E-state index contributed by atoms with van der Waals surface area (Å²) < 4.78 is 27.1.